The van der Waals surface area contributed by atoms with E-state index < -0.39 is 0 Å². The lowest BCUT2D eigenvalue weighted by atomic mass is 10.1. The third-order valence-corrected chi connectivity index (χ3v) is 9.03. The number of hydrogen-bond donors (Lipinski definition) is 0. The molecule has 2 heterocycles. The summed E-state index contributed by atoms with van der Waals surface area (Å²) in [4.78, 5) is 24.6. The molecule has 0 aliphatic carbocycles. The standard InChI is InChI=1S/C31H24ClN3OS2/c1-2-34-26-19-24(32)15-18-27(26)37-30(34)28-29(36)35(20-21-9-5-3-6-10-21)31(38-28)33-25-16-13-23(14-17-25)22-11-7-4-8-12-22/h3-19H,2,20H2,1H3. The van der Waals surface area contributed by atoms with Gasteiger partial charge in [-0.2, -0.15) is 0 Å². The zero-order valence-electron chi connectivity index (χ0n) is 20.7. The Morgan fingerprint density at radius 2 is 1.47 bits per heavy atom. The van der Waals surface area contributed by atoms with Crippen LogP contribution in [0.4, 0.5) is 11.4 Å². The van der Waals surface area contributed by atoms with Gasteiger partial charge in [-0.05, 0) is 65.7 Å². The fourth-order valence-electron chi connectivity index (χ4n) is 4.53. The Morgan fingerprint density at radius 3 is 2.18 bits per heavy atom. The van der Waals surface area contributed by atoms with Crippen molar-refractivity contribution in [1.82, 2.24) is 4.90 Å². The maximum atomic E-state index is 13.9. The molecule has 0 radical (unpaired) electrons. The number of halogens is 1. The summed E-state index contributed by atoms with van der Waals surface area (Å²) in [5.41, 5.74) is 5.20. The number of aliphatic imine (C=N–C) groups is 1. The summed E-state index contributed by atoms with van der Waals surface area (Å²) in [5, 5.41) is 2.30. The van der Waals surface area contributed by atoms with Crippen LogP contribution in [0.2, 0.25) is 5.02 Å². The maximum Gasteiger partial charge on any atom is 0.269 e. The molecule has 4 aromatic carbocycles. The molecule has 2 aliphatic rings. The van der Waals surface area contributed by atoms with Gasteiger partial charge in [0.2, 0.25) is 0 Å². The van der Waals surface area contributed by atoms with Gasteiger partial charge >= 0.3 is 0 Å². The van der Waals surface area contributed by atoms with Gasteiger partial charge in [-0.25, -0.2) is 4.99 Å². The van der Waals surface area contributed by atoms with E-state index in [0.717, 1.165) is 44.5 Å². The molecule has 4 nitrogen and oxygen atoms in total. The van der Waals surface area contributed by atoms with E-state index in [9.17, 15) is 4.79 Å². The van der Waals surface area contributed by atoms with Crippen LogP contribution in [0.3, 0.4) is 0 Å². The smallest absolute Gasteiger partial charge is 0.269 e. The first-order valence-electron chi connectivity index (χ1n) is 12.4. The molecular formula is C31H24ClN3OS2. The third-order valence-electron chi connectivity index (χ3n) is 6.42. The van der Waals surface area contributed by atoms with Crippen LogP contribution in [0, 0.1) is 0 Å². The largest absolute Gasteiger partial charge is 0.334 e. The lowest BCUT2D eigenvalue weighted by Crippen LogP contribution is -2.29. The molecular weight excluding hydrogens is 530 g/mol. The fourth-order valence-corrected chi connectivity index (χ4v) is 7.07. The Bertz CT molecular complexity index is 1550. The molecule has 0 saturated carbocycles. The molecule has 0 aromatic heterocycles. The predicted octanol–water partition coefficient (Wildman–Crippen LogP) is 8.57. The van der Waals surface area contributed by atoms with Crippen molar-refractivity contribution in [2.75, 3.05) is 11.4 Å². The molecule has 188 valence electrons. The molecule has 6 rings (SSSR count). The molecule has 38 heavy (non-hydrogen) atoms. The summed E-state index contributed by atoms with van der Waals surface area (Å²) >= 11 is 9.37. The highest BCUT2D eigenvalue weighted by molar-refractivity contribution is 8.19. The highest BCUT2D eigenvalue weighted by atomic mass is 35.5. The molecule has 7 heteroatoms. The van der Waals surface area contributed by atoms with Crippen LogP contribution in [0.1, 0.15) is 12.5 Å². The normalized spacial score (nSPS) is 17.9. The number of thioether (sulfide) groups is 2. The van der Waals surface area contributed by atoms with E-state index in [0.29, 0.717) is 21.6 Å². The van der Waals surface area contributed by atoms with Crippen molar-refractivity contribution in [3.05, 3.63) is 124 Å². The Kier molecular flexibility index (Phi) is 7.02. The predicted molar refractivity (Wildman–Crippen MR) is 161 cm³/mol. The van der Waals surface area contributed by atoms with E-state index in [1.807, 2.05) is 78.9 Å². The second-order valence-corrected chi connectivity index (χ2v) is 11.3. The number of nitrogens with zero attached hydrogens (tertiary/aromatic N) is 3. The average Bonchev–Trinajstić information content (AvgIpc) is 3.46. The van der Waals surface area contributed by atoms with E-state index in [2.05, 4.69) is 36.1 Å². The summed E-state index contributed by atoms with van der Waals surface area (Å²) in [5.74, 6) is -0.0293. The molecule has 0 bridgehead atoms. The Morgan fingerprint density at radius 1 is 0.789 bits per heavy atom. The van der Waals surface area contributed by atoms with Crippen molar-refractivity contribution in [2.24, 2.45) is 4.99 Å². The Hall–Kier alpha value is -3.45. The van der Waals surface area contributed by atoms with Crippen LogP contribution >= 0.6 is 35.1 Å². The summed E-state index contributed by atoms with van der Waals surface area (Å²) in [6.45, 7) is 3.28. The third kappa shape index (κ3) is 4.87. The molecule has 4 aromatic rings. The van der Waals surface area contributed by atoms with E-state index in [1.165, 1.54) is 11.8 Å². The zero-order chi connectivity index (χ0) is 26.1. The number of fused-ring (bicyclic) bond motifs is 1. The minimum atomic E-state index is -0.0293. The molecule has 1 saturated heterocycles. The van der Waals surface area contributed by atoms with Crippen LogP contribution < -0.4 is 4.90 Å². The lowest BCUT2D eigenvalue weighted by Gasteiger charge is -2.19. The van der Waals surface area contributed by atoms with Crippen LogP contribution in [-0.4, -0.2) is 22.5 Å². The molecule has 0 N–H and O–H groups in total. The molecule has 2 aliphatic heterocycles. The first-order chi connectivity index (χ1) is 18.6. The van der Waals surface area contributed by atoms with Gasteiger partial charge in [0.25, 0.3) is 5.91 Å². The van der Waals surface area contributed by atoms with Gasteiger partial charge in [-0.15, -0.1) is 0 Å². The maximum absolute atomic E-state index is 13.9. The van der Waals surface area contributed by atoms with Gasteiger partial charge in [0.05, 0.1) is 17.9 Å². The van der Waals surface area contributed by atoms with Crippen molar-refractivity contribution in [2.45, 2.75) is 18.4 Å². The summed E-state index contributed by atoms with van der Waals surface area (Å²) in [6.07, 6.45) is 0. The summed E-state index contributed by atoms with van der Waals surface area (Å²) in [7, 11) is 0. The second kappa shape index (κ2) is 10.7. The number of carbonyl (C=O) groups is 1. The number of amides is 1. The first-order valence-corrected chi connectivity index (χ1v) is 14.4. The topological polar surface area (TPSA) is 35.9 Å². The highest BCUT2D eigenvalue weighted by Crippen LogP contribution is 2.51. The van der Waals surface area contributed by atoms with E-state index in [1.54, 1.807) is 16.7 Å². The monoisotopic (exact) mass is 553 g/mol. The van der Waals surface area contributed by atoms with Gasteiger partial charge in [0.15, 0.2) is 5.17 Å². The zero-order valence-corrected chi connectivity index (χ0v) is 23.1. The Balaban J connectivity index is 1.38. The number of carbonyl (C=O) groups excluding carboxylic acids is 1. The minimum Gasteiger partial charge on any atom is -0.334 e. The van der Waals surface area contributed by atoms with Crippen molar-refractivity contribution in [3.8, 4) is 11.1 Å². The lowest BCUT2D eigenvalue weighted by molar-refractivity contribution is -0.122. The second-order valence-electron chi connectivity index (χ2n) is 8.88. The molecule has 0 atom stereocenters. The first kappa shape index (κ1) is 24.9. The SMILES string of the molecule is CCN1C(=C2SC(=Nc3ccc(-c4ccccc4)cc3)N(Cc3ccccc3)C2=O)Sc2ccc(Cl)cc21. The number of amidine groups is 1. The quantitative estimate of drug-likeness (QED) is 0.232. The van der Waals surface area contributed by atoms with Crippen LogP contribution in [0.5, 0.6) is 0 Å². The van der Waals surface area contributed by atoms with Crippen LogP contribution in [0.25, 0.3) is 11.1 Å². The van der Waals surface area contributed by atoms with Crippen LogP contribution in [0.15, 0.2) is 123 Å². The van der Waals surface area contributed by atoms with Crippen LogP contribution in [-0.2, 0) is 11.3 Å². The van der Waals surface area contributed by atoms with Crippen molar-refractivity contribution < 1.29 is 4.79 Å². The van der Waals surface area contributed by atoms with E-state index >= 15 is 0 Å². The number of benzene rings is 4. The molecule has 1 fully saturated rings. The number of anilines is 1. The number of hydrogen-bond acceptors (Lipinski definition) is 5. The van der Waals surface area contributed by atoms with E-state index in [-0.39, 0.29) is 5.91 Å². The fraction of sp³-hybridized carbons (Fsp3) is 0.0968. The van der Waals surface area contributed by atoms with Gasteiger partial charge < -0.3 is 4.90 Å². The van der Waals surface area contributed by atoms with Crippen molar-refractivity contribution >= 4 is 57.6 Å². The van der Waals surface area contributed by atoms with Gasteiger partial charge in [0, 0.05) is 16.5 Å². The number of rotatable bonds is 5. The molecule has 1 amide bonds. The van der Waals surface area contributed by atoms with Crippen molar-refractivity contribution in [3.63, 3.8) is 0 Å². The van der Waals surface area contributed by atoms with E-state index in [4.69, 9.17) is 16.6 Å². The summed E-state index contributed by atoms with van der Waals surface area (Å²) < 4.78 is 0. The van der Waals surface area contributed by atoms with Crippen molar-refractivity contribution in [1.29, 1.82) is 0 Å². The van der Waals surface area contributed by atoms with Gasteiger partial charge in [0.1, 0.15) is 9.93 Å². The Labute approximate surface area is 236 Å². The van der Waals surface area contributed by atoms with Gasteiger partial charge in [-0.1, -0.05) is 96.2 Å². The minimum absolute atomic E-state index is 0.0293. The average molecular weight is 554 g/mol. The molecule has 0 unspecified atom stereocenters. The van der Waals surface area contributed by atoms with Gasteiger partial charge in [-0.3, -0.25) is 9.69 Å². The summed E-state index contributed by atoms with van der Waals surface area (Å²) in [6, 6.07) is 34.4. The molecule has 0 spiro atoms. The highest BCUT2D eigenvalue weighted by Gasteiger charge is 2.39.